The molecule has 0 nitrogen and oxygen atoms in total. The highest BCUT2D eigenvalue weighted by Crippen LogP contribution is 2.40. The Labute approximate surface area is 103 Å². The van der Waals surface area contributed by atoms with Gasteiger partial charge in [-0.3, -0.25) is 0 Å². The molecule has 18 heavy (non-hydrogen) atoms. The van der Waals surface area contributed by atoms with Crippen molar-refractivity contribution in [3.05, 3.63) is 57.9 Å². The molecule has 0 saturated heterocycles. The summed E-state index contributed by atoms with van der Waals surface area (Å²) in [6.07, 6.45) is 0.532. The molecule has 0 N–H and O–H groups in total. The van der Waals surface area contributed by atoms with E-state index in [-0.39, 0.29) is 16.9 Å². The number of rotatable bonds is 0. The van der Waals surface area contributed by atoms with Gasteiger partial charge in [-0.25, -0.2) is 13.2 Å². The van der Waals surface area contributed by atoms with Gasteiger partial charge in [-0.15, -0.1) is 0 Å². The zero-order valence-electron chi connectivity index (χ0n) is 10.1. The second kappa shape index (κ2) is 3.61. The fraction of sp³-hybridized carbons (Fsp3) is 0.200. The Balaban J connectivity index is 2.34. The lowest BCUT2D eigenvalue weighted by molar-refractivity contribution is 0.505. The summed E-state index contributed by atoms with van der Waals surface area (Å²) >= 11 is 0. The van der Waals surface area contributed by atoms with Gasteiger partial charge in [-0.2, -0.15) is 0 Å². The van der Waals surface area contributed by atoms with Gasteiger partial charge in [0.1, 0.15) is 5.82 Å². The van der Waals surface area contributed by atoms with E-state index in [9.17, 15) is 13.2 Å². The molecular formula is C15H11F3. The van der Waals surface area contributed by atoms with Gasteiger partial charge in [0.2, 0.25) is 0 Å². The Hall–Kier alpha value is -1.77. The SMILES string of the molecule is Cc1cc2c(cc1F)-c1c(cc(C)c(F)c1F)C2. The lowest BCUT2D eigenvalue weighted by Gasteiger charge is -2.07. The van der Waals surface area contributed by atoms with Gasteiger partial charge in [-0.1, -0.05) is 12.1 Å². The van der Waals surface area contributed by atoms with Crippen LogP contribution in [0.3, 0.4) is 0 Å². The van der Waals surface area contributed by atoms with Crippen LogP contribution in [-0.4, -0.2) is 0 Å². The average Bonchev–Trinajstić information content (AvgIpc) is 2.64. The fourth-order valence-electron chi connectivity index (χ4n) is 2.58. The van der Waals surface area contributed by atoms with Crippen LogP contribution in [0.1, 0.15) is 22.3 Å². The average molecular weight is 248 g/mol. The van der Waals surface area contributed by atoms with Crippen LogP contribution in [0.5, 0.6) is 0 Å². The largest absolute Gasteiger partial charge is 0.207 e. The molecular weight excluding hydrogens is 237 g/mol. The molecule has 92 valence electrons. The molecule has 0 atom stereocenters. The Bertz CT molecular complexity index is 672. The summed E-state index contributed by atoms with van der Waals surface area (Å²) < 4.78 is 41.1. The van der Waals surface area contributed by atoms with Crippen molar-refractivity contribution in [3.8, 4) is 11.1 Å². The first-order valence-electron chi connectivity index (χ1n) is 5.76. The first-order valence-corrected chi connectivity index (χ1v) is 5.76. The molecule has 0 radical (unpaired) electrons. The molecule has 2 aromatic carbocycles. The monoisotopic (exact) mass is 248 g/mol. The molecule has 0 fully saturated rings. The standard InChI is InChI=1S/C15H11F3/c1-7-3-9-5-10-4-8(2)14(17)15(18)13(10)11(9)6-12(7)16/h3-4,6H,5H2,1-2H3. The molecule has 0 aromatic heterocycles. The van der Waals surface area contributed by atoms with Crippen LogP contribution in [0.2, 0.25) is 0 Å². The predicted octanol–water partition coefficient (Wildman–Crippen LogP) is 4.29. The zero-order valence-corrected chi connectivity index (χ0v) is 10.1. The zero-order chi connectivity index (χ0) is 13.0. The first kappa shape index (κ1) is 11.3. The van der Waals surface area contributed by atoms with Crippen molar-refractivity contribution >= 4 is 0 Å². The summed E-state index contributed by atoms with van der Waals surface area (Å²) in [6.45, 7) is 3.20. The van der Waals surface area contributed by atoms with Crippen LogP contribution in [0, 0.1) is 31.3 Å². The Kier molecular flexibility index (Phi) is 2.27. The summed E-state index contributed by atoms with van der Waals surface area (Å²) in [5, 5.41) is 0. The quantitative estimate of drug-likeness (QED) is 0.556. The summed E-state index contributed by atoms with van der Waals surface area (Å²) in [5.41, 5.74) is 3.09. The van der Waals surface area contributed by atoms with Crippen LogP contribution in [0.4, 0.5) is 13.2 Å². The van der Waals surface area contributed by atoms with Crippen LogP contribution in [0.15, 0.2) is 18.2 Å². The maximum Gasteiger partial charge on any atom is 0.167 e. The van der Waals surface area contributed by atoms with E-state index in [0.717, 1.165) is 11.1 Å². The number of hydrogen-bond donors (Lipinski definition) is 0. The summed E-state index contributed by atoms with van der Waals surface area (Å²) in [5.74, 6) is -2.10. The van der Waals surface area contributed by atoms with E-state index in [1.807, 2.05) is 0 Å². The van der Waals surface area contributed by atoms with Gasteiger partial charge < -0.3 is 0 Å². The Morgan fingerprint density at radius 3 is 2.22 bits per heavy atom. The number of halogens is 3. The van der Waals surface area contributed by atoms with Gasteiger partial charge in [-0.05, 0) is 54.2 Å². The van der Waals surface area contributed by atoms with Crippen molar-refractivity contribution in [1.82, 2.24) is 0 Å². The lowest BCUT2D eigenvalue weighted by atomic mass is 10.0. The second-order valence-electron chi connectivity index (χ2n) is 4.79. The van der Waals surface area contributed by atoms with E-state index in [1.54, 1.807) is 19.1 Å². The molecule has 3 heteroatoms. The van der Waals surface area contributed by atoms with Crippen LogP contribution in [-0.2, 0) is 6.42 Å². The maximum absolute atomic E-state index is 14.0. The Morgan fingerprint density at radius 2 is 1.50 bits per heavy atom. The van der Waals surface area contributed by atoms with Crippen molar-refractivity contribution < 1.29 is 13.2 Å². The highest BCUT2D eigenvalue weighted by atomic mass is 19.2. The van der Waals surface area contributed by atoms with E-state index in [4.69, 9.17) is 0 Å². The third-order valence-electron chi connectivity index (χ3n) is 3.50. The predicted molar refractivity (Wildman–Crippen MR) is 64.0 cm³/mol. The highest BCUT2D eigenvalue weighted by Gasteiger charge is 2.26. The lowest BCUT2D eigenvalue weighted by Crippen LogP contribution is -1.95. The van der Waals surface area contributed by atoms with Crippen LogP contribution >= 0.6 is 0 Å². The number of aryl methyl sites for hydroxylation is 2. The van der Waals surface area contributed by atoms with Gasteiger partial charge >= 0.3 is 0 Å². The van der Waals surface area contributed by atoms with E-state index in [0.29, 0.717) is 17.5 Å². The molecule has 0 aliphatic heterocycles. The molecule has 0 spiro atoms. The smallest absolute Gasteiger partial charge is 0.167 e. The molecule has 0 amide bonds. The van der Waals surface area contributed by atoms with Crippen molar-refractivity contribution in [2.45, 2.75) is 20.3 Å². The summed E-state index contributed by atoms with van der Waals surface area (Å²) in [4.78, 5) is 0. The van der Waals surface area contributed by atoms with E-state index in [1.165, 1.54) is 13.0 Å². The molecule has 3 rings (SSSR count). The van der Waals surface area contributed by atoms with E-state index >= 15 is 0 Å². The minimum absolute atomic E-state index is 0.215. The fourth-order valence-corrected chi connectivity index (χ4v) is 2.58. The third kappa shape index (κ3) is 1.40. The molecule has 1 aliphatic carbocycles. The van der Waals surface area contributed by atoms with E-state index in [2.05, 4.69) is 0 Å². The van der Waals surface area contributed by atoms with Crippen molar-refractivity contribution in [2.24, 2.45) is 0 Å². The minimum atomic E-state index is -0.869. The third-order valence-corrected chi connectivity index (χ3v) is 3.50. The maximum atomic E-state index is 14.0. The Morgan fingerprint density at radius 1 is 0.833 bits per heavy atom. The topological polar surface area (TPSA) is 0 Å². The van der Waals surface area contributed by atoms with Crippen LogP contribution < -0.4 is 0 Å². The normalized spacial score (nSPS) is 12.5. The minimum Gasteiger partial charge on any atom is -0.207 e. The van der Waals surface area contributed by atoms with Crippen LogP contribution in [0.25, 0.3) is 11.1 Å². The van der Waals surface area contributed by atoms with E-state index < -0.39 is 11.6 Å². The number of hydrogen-bond acceptors (Lipinski definition) is 0. The molecule has 2 aromatic rings. The molecule has 0 unspecified atom stereocenters. The summed E-state index contributed by atoms with van der Waals surface area (Å²) in [7, 11) is 0. The first-order chi connectivity index (χ1) is 8.49. The number of benzene rings is 2. The van der Waals surface area contributed by atoms with Crippen molar-refractivity contribution in [3.63, 3.8) is 0 Å². The second-order valence-corrected chi connectivity index (χ2v) is 4.79. The molecule has 0 bridgehead atoms. The van der Waals surface area contributed by atoms with Gasteiger partial charge in [0.05, 0.1) is 0 Å². The number of fused-ring (bicyclic) bond motifs is 3. The van der Waals surface area contributed by atoms with Gasteiger partial charge in [0.15, 0.2) is 11.6 Å². The van der Waals surface area contributed by atoms with Gasteiger partial charge in [0.25, 0.3) is 0 Å². The van der Waals surface area contributed by atoms with Gasteiger partial charge in [0, 0.05) is 5.56 Å². The molecule has 0 heterocycles. The highest BCUT2D eigenvalue weighted by molar-refractivity contribution is 5.78. The molecule has 0 saturated carbocycles. The summed E-state index contributed by atoms with van der Waals surface area (Å²) in [6, 6.07) is 4.65. The molecule has 1 aliphatic rings. The van der Waals surface area contributed by atoms with Crippen molar-refractivity contribution in [2.75, 3.05) is 0 Å². The van der Waals surface area contributed by atoms with Crippen molar-refractivity contribution in [1.29, 1.82) is 0 Å².